The number of nitrogens with one attached hydrogen (secondary N) is 1. The van der Waals surface area contributed by atoms with Crippen molar-refractivity contribution >= 4 is 38.9 Å². The summed E-state index contributed by atoms with van der Waals surface area (Å²) in [6.07, 6.45) is 0. The minimum Gasteiger partial charge on any atom is -0.492 e. The van der Waals surface area contributed by atoms with Crippen LogP contribution in [0.3, 0.4) is 0 Å². The van der Waals surface area contributed by atoms with Crippen molar-refractivity contribution in [2.75, 3.05) is 11.9 Å². The van der Waals surface area contributed by atoms with Crippen LogP contribution in [0.2, 0.25) is 0 Å². The standard InChI is InChI=1S/C9H11BrN2OS/c1-2-13-7-5-3-4-6(10)8(7)12-9(11)14/h3-5H,2H2,1H3,(H3,11,12,14). The summed E-state index contributed by atoms with van der Waals surface area (Å²) >= 11 is 8.16. The third-order valence-electron chi connectivity index (χ3n) is 1.52. The van der Waals surface area contributed by atoms with E-state index in [9.17, 15) is 0 Å². The van der Waals surface area contributed by atoms with Crippen molar-refractivity contribution in [3.8, 4) is 5.75 Å². The molecule has 0 aliphatic carbocycles. The maximum absolute atomic E-state index is 5.41. The molecule has 0 bridgehead atoms. The molecule has 0 radical (unpaired) electrons. The van der Waals surface area contributed by atoms with E-state index in [1.807, 2.05) is 25.1 Å². The van der Waals surface area contributed by atoms with Crippen LogP contribution in [0.25, 0.3) is 0 Å². The Morgan fingerprint density at radius 1 is 1.64 bits per heavy atom. The van der Waals surface area contributed by atoms with Crippen molar-refractivity contribution in [1.29, 1.82) is 0 Å². The smallest absolute Gasteiger partial charge is 0.168 e. The molecule has 0 saturated carbocycles. The fraction of sp³-hybridized carbons (Fsp3) is 0.222. The van der Waals surface area contributed by atoms with Gasteiger partial charge in [0.05, 0.1) is 12.3 Å². The molecule has 1 aromatic carbocycles. The van der Waals surface area contributed by atoms with Gasteiger partial charge in [-0.15, -0.1) is 0 Å². The van der Waals surface area contributed by atoms with Gasteiger partial charge in [0.2, 0.25) is 0 Å². The first-order valence-electron chi connectivity index (χ1n) is 4.13. The molecule has 0 aromatic heterocycles. The number of thiocarbonyl (C=S) groups is 1. The maximum atomic E-state index is 5.41. The highest BCUT2D eigenvalue weighted by molar-refractivity contribution is 9.10. The monoisotopic (exact) mass is 274 g/mol. The van der Waals surface area contributed by atoms with E-state index in [1.54, 1.807) is 0 Å². The zero-order chi connectivity index (χ0) is 10.6. The Hall–Kier alpha value is -0.810. The van der Waals surface area contributed by atoms with Crippen LogP contribution >= 0.6 is 28.1 Å². The van der Waals surface area contributed by atoms with Crippen molar-refractivity contribution in [2.45, 2.75) is 6.92 Å². The molecule has 0 amide bonds. The second-order valence-corrected chi connectivity index (χ2v) is 3.83. The fourth-order valence-electron chi connectivity index (χ4n) is 1.02. The normalized spacial score (nSPS) is 9.57. The molecule has 14 heavy (non-hydrogen) atoms. The number of ether oxygens (including phenoxy) is 1. The van der Waals surface area contributed by atoms with Crippen LogP contribution in [-0.4, -0.2) is 11.7 Å². The number of halogens is 1. The molecule has 1 aromatic rings. The lowest BCUT2D eigenvalue weighted by atomic mass is 10.3. The van der Waals surface area contributed by atoms with E-state index in [1.165, 1.54) is 0 Å². The van der Waals surface area contributed by atoms with Crippen LogP contribution in [0.5, 0.6) is 5.75 Å². The highest BCUT2D eigenvalue weighted by Crippen LogP contribution is 2.32. The highest BCUT2D eigenvalue weighted by atomic mass is 79.9. The van der Waals surface area contributed by atoms with E-state index in [4.69, 9.17) is 22.7 Å². The van der Waals surface area contributed by atoms with Gasteiger partial charge in [0.1, 0.15) is 5.75 Å². The Balaban J connectivity index is 3.02. The van der Waals surface area contributed by atoms with Crippen LogP contribution in [0.15, 0.2) is 22.7 Å². The van der Waals surface area contributed by atoms with Gasteiger partial charge in [-0.25, -0.2) is 0 Å². The van der Waals surface area contributed by atoms with Gasteiger partial charge in [-0.3, -0.25) is 0 Å². The summed E-state index contributed by atoms with van der Waals surface area (Å²) < 4.78 is 6.28. The fourth-order valence-corrected chi connectivity index (χ4v) is 1.57. The van der Waals surface area contributed by atoms with E-state index in [2.05, 4.69) is 21.2 Å². The predicted octanol–water partition coefficient (Wildman–Crippen LogP) is 2.50. The minimum atomic E-state index is 0.220. The quantitative estimate of drug-likeness (QED) is 0.832. The SMILES string of the molecule is CCOc1cccc(Br)c1NC(N)=S. The molecule has 0 atom stereocenters. The second kappa shape index (κ2) is 5.17. The molecule has 0 unspecified atom stereocenters. The van der Waals surface area contributed by atoms with Gasteiger partial charge in [-0.1, -0.05) is 6.07 Å². The van der Waals surface area contributed by atoms with E-state index < -0.39 is 0 Å². The minimum absolute atomic E-state index is 0.220. The summed E-state index contributed by atoms with van der Waals surface area (Å²) in [6.45, 7) is 2.52. The summed E-state index contributed by atoms with van der Waals surface area (Å²) in [5.74, 6) is 0.731. The lowest BCUT2D eigenvalue weighted by Gasteiger charge is -2.12. The lowest BCUT2D eigenvalue weighted by Crippen LogP contribution is -2.19. The van der Waals surface area contributed by atoms with Gasteiger partial charge in [-0.2, -0.15) is 0 Å². The molecule has 76 valence electrons. The number of anilines is 1. The van der Waals surface area contributed by atoms with Crippen LogP contribution in [0.1, 0.15) is 6.92 Å². The number of para-hydroxylation sites is 1. The molecule has 0 aliphatic rings. The van der Waals surface area contributed by atoms with Crippen LogP contribution < -0.4 is 15.8 Å². The molecular formula is C9H11BrN2OS. The first-order valence-corrected chi connectivity index (χ1v) is 5.33. The summed E-state index contributed by atoms with van der Waals surface area (Å²) in [5, 5.41) is 3.08. The summed E-state index contributed by atoms with van der Waals surface area (Å²) in [4.78, 5) is 0. The highest BCUT2D eigenvalue weighted by Gasteiger charge is 2.07. The molecule has 1 rings (SSSR count). The topological polar surface area (TPSA) is 47.3 Å². The zero-order valence-electron chi connectivity index (χ0n) is 7.71. The van der Waals surface area contributed by atoms with Gasteiger partial charge in [0.15, 0.2) is 5.11 Å². The van der Waals surface area contributed by atoms with Crippen molar-refractivity contribution in [2.24, 2.45) is 5.73 Å². The zero-order valence-corrected chi connectivity index (χ0v) is 10.1. The second-order valence-electron chi connectivity index (χ2n) is 2.54. The number of rotatable bonds is 3. The van der Waals surface area contributed by atoms with Gasteiger partial charge < -0.3 is 15.8 Å². The average molecular weight is 275 g/mol. The third kappa shape index (κ3) is 2.85. The number of hydrogen-bond acceptors (Lipinski definition) is 2. The molecule has 3 nitrogen and oxygen atoms in total. The van der Waals surface area contributed by atoms with Crippen molar-refractivity contribution < 1.29 is 4.74 Å². The van der Waals surface area contributed by atoms with E-state index in [0.717, 1.165) is 15.9 Å². The average Bonchev–Trinajstić information content (AvgIpc) is 2.11. The van der Waals surface area contributed by atoms with Crippen LogP contribution in [0, 0.1) is 0 Å². The first-order chi connectivity index (χ1) is 6.65. The predicted molar refractivity (Wildman–Crippen MR) is 65.7 cm³/mol. The summed E-state index contributed by atoms with van der Waals surface area (Å²) in [7, 11) is 0. The Labute approximate surface area is 96.8 Å². The van der Waals surface area contributed by atoms with Crippen molar-refractivity contribution in [3.63, 3.8) is 0 Å². The molecule has 0 aliphatic heterocycles. The third-order valence-corrected chi connectivity index (χ3v) is 2.29. The van der Waals surface area contributed by atoms with Crippen molar-refractivity contribution in [3.05, 3.63) is 22.7 Å². The van der Waals surface area contributed by atoms with Crippen molar-refractivity contribution in [1.82, 2.24) is 0 Å². The molecule has 0 spiro atoms. The molecule has 0 heterocycles. The summed E-state index contributed by atoms with van der Waals surface area (Å²) in [6, 6.07) is 5.64. The van der Waals surface area contributed by atoms with Gasteiger partial charge >= 0.3 is 0 Å². The molecular weight excluding hydrogens is 264 g/mol. The Morgan fingerprint density at radius 2 is 2.36 bits per heavy atom. The van der Waals surface area contributed by atoms with E-state index in [-0.39, 0.29) is 5.11 Å². The van der Waals surface area contributed by atoms with E-state index in [0.29, 0.717) is 6.61 Å². The summed E-state index contributed by atoms with van der Waals surface area (Å²) in [5.41, 5.74) is 6.17. The maximum Gasteiger partial charge on any atom is 0.168 e. The van der Waals surface area contributed by atoms with Gasteiger partial charge in [0, 0.05) is 4.47 Å². The Kier molecular flexibility index (Phi) is 4.16. The molecule has 0 saturated heterocycles. The lowest BCUT2D eigenvalue weighted by molar-refractivity contribution is 0.342. The van der Waals surface area contributed by atoms with Gasteiger partial charge in [-0.05, 0) is 47.2 Å². The first kappa shape index (κ1) is 11.3. The van der Waals surface area contributed by atoms with Gasteiger partial charge in [0.25, 0.3) is 0 Å². The number of benzene rings is 1. The van der Waals surface area contributed by atoms with Crippen LogP contribution in [0.4, 0.5) is 5.69 Å². The Morgan fingerprint density at radius 3 is 2.93 bits per heavy atom. The Bertz CT molecular complexity index is 344. The largest absolute Gasteiger partial charge is 0.492 e. The number of nitrogens with two attached hydrogens (primary N) is 1. The number of hydrogen-bond donors (Lipinski definition) is 2. The van der Waals surface area contributed by atoms with E-state index >= 15 is 0 Å². The molecule has 0 fully saturated rings. The molecule has 3 N–H and O–H groups in total. The molecule has 5 heteroatoms. The van der Waals surface area contributed by atoms with Crippen LogP contribution in [-0.2, 0) is 0 Å².